The van der Waals surface area contributed by atoms with Crippen molar-refractivity contribution in [3.05, 3.63) is 237 Å². The fourth-order valence-corrected chi connectivity index (χ4v) is 11.5. The van der Waals surface area contributed by atoms with Crippen LogP contribution in [0, 0.1) is 0 Å². The maximum atomic E-state index is 10.6. The van der Waals surface area contributed by atoms with Crippen LogP contribution in [0.3, 0.4) is 0 Å². The van der Waals surface area contributed by atoms with Gasteiger partial charge in [0.05, 0.1) is 22.8 Å². The van der Waals surface area contributed by atoms with Crippen LogP contribution in [0.15, 0.2) is 194 Å². The first-order valence-electron chi connectivity index (χ1n) is 25.4. The first-order chi connectivity index (χ1) is 38.9. The summed E-state index contributed by atoms with van der Waals surface area (Å²) in [5.74, 6) is 0.514. The van der Waals surface area contributed by atoms with Gasteiger partial charge in [0, 0.05) is 86.7 Å². The highest BCUT2D eigenvalue weighted by molar-refractivity contribution is 6.35. The number of hydrogen-bond donors (Lipinski definition) is 6. The maximum Gasteiger partial charge on any atom is 0.116 e. The zero-order valence-corrected chi connectivity index (χ0v) is 45.0. The number of nitrogens with one attached hydrogen (secondary N) is 2. The van der Waals surface area contributed by atoms with Crippen molar-refractivity contribution in [2.45, 2.75) is 0 Å². The summed E-state index contributed by atoms with van der Waals surface area (Å²) in [6, 6.07) is 59.4. The maximum absolute atomic E-state index is 10.6. The van der Waals surface area contributed by atoms with Crippen molar-refractivity contribution in [1.29, 1.82) is 0 Å². The number of aromatic amines is 2. The van der Waals surface area contributed by atoms with Gasteiger partial charge in [-0.05, 0) is 190 Å². The number of aromatic hydroxyl groups is 4. The van der Waals surface area contributed by atoms with Gasteiger partial charge in [-0.3, -0.25) is 0 Å². The van der Waals surface area contributed by atoms with Gasteiger partial charge in [0.25, 0.3) is 0 Å². The molecule has 6 N–H and O–H groups in total. The van der Waals surface area contributed by atoms with Crippen molar-refractivity contribution in [2.75, 3.05) is 0 Å². The minimum atomic E-state index is 0.129. The van der Waals surface area contributed by atoms with E-state index in [2.05, 4.69) is 9.97 Å². The van der Waals surface area contributed by atoms with Crippen molar-refractivity contribution in [3.8, 4) is 112 Å². The smallest absolute Gasteiger partial charge is 0.116 e. The zero-order valence-electron chi connectivity index (χ0n) is 42.0. The summed E-state index contributed by atoms with van der Waals surface area (Å²) in [5, 5.41) is 44.2. The summed E-state index contributed by atoms with van der Waals surface area (Å²) >= 11 is 29.3. The summed E-state index contributed by atoms with van der Waals surface area (Å²) in [6.45, 7) is 0. The normalized spacial score (nSPS) is 11.8. The molecule has 3 aromatic heterocycles. The van der Waals surface area contributed by atoms with E-state index < -0.39 is 0 Å². The number of rotatable bonds is 8. The van der Waals surface area contributed by atoms with Gasteiger partial charge in [0.2, 0.25) is 0 Å². The second kappa shape index (κ2) is 20.5. The highest BCUT2D eigenvalue weighted by Crippen LogP contribution is 2.46. The Balaban J connectivity index is 1.18. The number of hydrogen-bond acceptors (Lipinski definition) is 6. The van der Waals surface area contributed by atoms with Gasteiger partial charge < -0.3 is 30.4 Å². The molecule has 5 heterocycles. The van der Waals surface area contributed by atoms with Crippen molar-refractivity contribution < 1.29 is 20.4 Å². The summed E-state index contributed by atoms with van der Waals surface area (Å²) in [5.41, 5.74) is 16.9. The second-order valence-corrected chi connectivity index (χ2v) is 21.1. The van der Waals surface area contributed by atoms with Crippen LogP contribution in [0.5, 0.6) is 23.0 Å². The van der Waals surface area contributed by atoms with E-state index in [0.717, 1.165) is 44.5 Å². The molecular weight excluding hydrogens is 1080 g/mol. The molecule has 0 aliphatic carbocycles. The largest absolute Gasteiger partial charge is 0.508 e. The van der Waals surface area contributed by atoms with Crippen LogP contribution in [0.1, 0.15) is 22.8 Å². The number of nitrogens with zero attached hydrogens (tertiary/aromatic N) is 2. The Hall–Kier alpha value is -9.28. The average Bonchev–Trinajstić information content (AvgIpc) is 4.33. The molecule has 0 amide bonds. The number of phenolic OH excluding ortho intramolecular Hbond substituents is 4. The van der Waals surface area contributed by atoms with Crippen molar-refractivity contribution >= 4 is 92.8 Å². The lowest BCUT2D eigenvalue weighted by Crippen LogP contribution is -1.92. The van der Waals surface area contributed by atoms with Gasteiger partial charge in [-0.25, -0.2) is 9.97 Å². The first kappa shape index (κ1) is 50.2. The molecule has 0 unspecified atom stereocenters. The first-order valence-corrected chi connectivity index (χ1v) is 26.9. The van der Waals surface area contributed by atoms with E-state index in [-0.39, 0.29) is 23.0 Å². The van der Waals surface area contributed by atoms with Gasteiger partial charge >= 0.3 is 0 Å². The van der Waals surface area contributed by atoms with E-state index >= 15 is 0 Å². The van der Waals surface area contributed by atoms with E-state index in [0.29, 0.717) is 109 Å². The molecule has 0 saturated carbocycles. The van der Waals surface area contributed by atoms with Gasteiger partial charge in [0.1, 0.15) is 23.0 Å². The average molecular weight is 1120 g/mol. The van der Waals surface area contributed by atoms with Crippen LogP contribution in [-0.4, -0.2) is 40.4 Å². The summed E-state index contributed by atoms with van der Waals surface area (Å²) < 4.78 is 0. The molecule has 0 fully saturated rings. The van der Waals surface area contributed by atoms with Crippen molar-refractivity contribution in [2.24, 2.45) is 0 Å². The molecule has 8 bridgehead atoms. The molecule has 0 saturated heterocycles. The van der Waals surface area contributed by atoms with E-state index in [9.17, 15) is 20.4 Å². The van der Waals surface area contributed by atoms with Gasteiger partial charge in [-0.15, -0.1) is 0 Å². The molecule has 0 spiro atoms. The molecule has 13 rings (SSSR count). The van der Waals surface area contributed by atoms with Crippen LogP contribution in [0.4, 0.5) is 0 Å². The van der Waals surface area contributed by atoms with Crippen LogP contribution in [-0.2, 0) is 0 Å². The quantitative estimate of drug-likeness (QED) is 0.0896. The third-order valence-electron chi connectivity index (χ3n) is 14.4. The lowest BCUT2D eigenvalue weighted by Gasteiger charge is -2.12. The molecule has 11 aromatic rings. The molecule has 8 aromatic carbocycles. The second-order valence-electron chi connectivity index (χ2n) is 19.5. The Labute approximate surface area is 479 Å². The molecule has 12 heteroatoms. The lowest BCUT2D eigenvalue weighted by atomic mass is 9.97. The fraction of sp³-hybridized carbons (Fsp3) is 0. The van der Waals surface area contributed by atoms with E-state index in [1.54, 1.807) is 72.8 Å². The summed E-state index contributed by atoms with van der Waals surface area (Å²) in [4.78, 5) is 18.6. The molecule has 386 valence electrons. The lowest BCUT2D eigenvalue weighted by molar-refractivity contribution is 0.475. The highest BCUT2D eigenvalue weighted by atomic mass is 35.5. The molecule has 0 atom stereocenters. The SMILES string of the molecule is Oc1cccc(-c2ccc(Cl)c(-c3c4nc(c(-c5cc(-c6cccc(O)c6)ccc5Cl)c5ccc([nH]5)c(-c5cc(-c6cccc(O)c6)ccc5Cl)c5nc(c(-c6cc(-c7cccc(O)c7)ccc6Cl)c6ccc3[nH]6)C=C5)C=C4)c2)c1. The van der Waals surface area contributed by atoms with Crippen LogP contribution >= 0.6 is 46.4 Å². The zero-order chi connectivity index (χ0) is 54.8. The topological polar surface area (TPSA) is 138 Å². The summed E-state index contributed by atoms with van der Waals surface area (Å²) in [7, 11) is 0. The molecular formula is C68H42Cl4N4O4. The Morgan fingerprint density at radius 2 is 0.487 bits per heavy atom. The number of halogens is 4. The molecule has 0 radical (unpaired) electrons. The van der Waals surface area contributed by atoms with E-state index in [1.165, 1.54) is 0 Å². The molecule has 2 aliphatic heterocycles. The number of phenols is 4. The number of aromatic nitrogens is 4. The van der Waals surface area contributed by atoms with Crippen LogP contribution in [0.25, 0.3) is 135 Å². The Morgan fingerprint density at radius 3 is 0.713 bits per heavy atom. The predicted molar refractivity (Wildman–Crippen MR) is 329 cm³/mol. The fourth-order valence-electron chi connectivity index (χ4n) is 10.7. The Morgan fingerprint density at radius 1 is 0.263 bits per heavy atom. The number of benzene rings is 8. The predicted octanol–water partition coefficient (Wildman–Crippen LogP) is 19.4. The van der Waals surface area contributed by atoms with Crippen molar-refractivity contribution in [1.82, 2.24) is 19.9 Å². The minimum absolute atomic E-state index is 0.129. The highest BCUT2D eigenvalue weighted by Gasteiger charge is 2.24. The third-order valence-corrected chi connectivity index (χ3v) is 15.7. The number of fused-ring (bicyclic) bond motifs is 8. The van der Waals surface area contributed by atoms with Gasteiger partial charge in [-0.1, -0.05) is 119 Å². The molecule has 80 heavy (non-hydrogen) atoms. The molecule has 8 nitrogen and oxygen atoms in total. The minimum Gasteiger partial charge on any atom is -0.508 e. The van der Waals surface area contributed by atoms with E-state index in [1.807, 2.05) is 146 Å². The third kappa shape index (κ3) is 9.44. The Kier molecular flexibility index (Phi) is 12.9. The van der Waals surface area contributed by atoms with Gasteiger partial charge in [-0.2, -0.15) is 0 Å². The number of H-pyrrole nitrogens is 2. The van der Waals surface area contributed by atoms with Gasteiger partial charge in [0.15, 0.2) is 0 Å². The van der Waals surface area contributed by atoms with Crippen LogP contribution in [0.2, 0.25) is 20.1 Å². The van der Waals surface area contributed by atoms with E-state index in [4.69, 9.17) is 56.4 Å². The standard InChI is InChI=1S/C68H42Cl4N4O4/c69-53-17-13-41(37-5-1-9-45(77)29-37)33-49(53)65-57-21-23-59(73-57)66(50-34-42(14-18-54(50)70)38-6-2-10-46(78)30-38)61-25-27-63(75-61)68(52-36-44(16-20-56(52)72)40-8-4-12-48(80)32-40)64-28-26-62(76-64)67(60-24-22-58(65)74-60)51-35-43(15-19-55(51)71)39-7-3-11-47(79)31-39/h1-36,73,76-80H. The summed E-state index contributed by atoms with van der Waals surface area (Å²) in [6.07, 6.45) is 7.86. The van der Waals surface area contributed by atoms with Crippen molar-refractivity contribution in [3.63, 3.8) is 0 Å². The monoisotopic (exact) mass is 1120 g/mol. The molecule has 2 aliphatic rings. The Bertz CT molecular complexity index is 4050. The van der Waals surface area contributed by atoms with Crippen LogP contribution < -0.4 is 0 Å².